The van der Waals surface area contributed by atoms with Crippen molar-refractivity contribution in [3.8, 4) is 0 Å². The molecule has 1 saturated carbocycles. The van der Waals surface area contributed by atoms with E-state index in [-0.39, 0.29) is 17.9 Å². The number of hydrogen-bond acceptors (Lipinski definition) is 3. The minimum Gasteiger partial charge on any atom is -0.395 e. The predicted molar refractivity (Wildman–Crippen MR) is 70.0 cm³/mol. The highest BCUT2D eigenvalue weighted by Gasteiger charge is 2.62. The maximum atomic E-state index is 11.4. The van der Waals surface area contributed by atoms with Gasteiger partial charge in [-0.05, 0) is 41.7 Å². The Morgan fingerprint density at radius 3 is 2.50 bits per heavy atom. The minimum atomic E-state index is -0.937. The van der Waals surface area contributed by atoms with E-state index in [2.05, 4.69) is 0 Å². The molecule has 102 valence electrons. The molecule has 0 heterocycles. The zero-order valence-electron chi connectivity index (χ0n) is 11.8. The molecule has 2 rings (SSSR count). The van der Waals surface area contributed by atoms with Crippen molar-refractivity contribution in [3.05, 3.63) is 11.1 Å². The molecule has 0 spiro atoms. The van der Waals surface area contributed by atoms with Crippen molar-refractivity contribution in [2.24, 2.45) is 16.7 Å². The molecule has 1 fully saturated rings. The molecule has 0 aromatic carbocycles. The molecule has 0 unspecified atom stereocenters. The van der Waals surface area contributed by atoms with Crippen LogP contribution < -0.4 is 0 Å². The fourth-order valence-corrected chi connectivity index (χ4v) is 4.24. The van der Waals surface area contributed by atoms with Crippen LogP contribution in [-0.4, -0.2) is 28.7 Å². The number of hydrogen-bond donors (Lipinski definition) is 2. The van der Waals surface area contributed by atoms with Gasteiger partial charge in [-0.15, -0.1) is 0 Å². The van der Waals surface area contributed by atoms with Gasteiger partial charge >= 0.3 is 0 Å². The van der Waals surface area contributed by atoms with Crippen LogP contribution in [0.2, 0.25) is 0 Å². The van der Waals surface area contributed by atoms with Gasteiger partial charge in [-0.1, -0.05) is 27.7 Å². The molecule has 0 amide bonds. The molecule has 2 aliphatic carbocycles. The van der Waals surface area contributed by atoms with Crippen LogP contribution in [0.1, 0.15) is 47.0 Å². The zero-order valence-corrected chi connectivity index (χ0v) is 11.8. The van der Waals surface area contributed by atoms with Crippen LogP contribution in [0.4, 0.5) is 0 Å². The van der Waals surface area contributed by atoms with Gasteiger partial charge in [0.15, 0.2) is 0 Å². The van der Waals surface area contributed by atoms with Gasteiger partial charge in [0, 0.05) is 5.41 Å². The Balaban J connectivity index is 2.71. The number of rotatable bonds is 2. The summed E-state index contributed by atoms with van der Waals surface area (Å²) < 4.78 is 0. The lowest BCUT2D eigenvalue weighted by atomic mass is 9.66. The topological polar surface area (TPSA) is 57.5 Å². The number of carbonyl (C=O) groups excluding carboxylic acids is 1. The molecule has 18 heavy (non-hydrogen) atoms. The molecule has 0 aromatic rings. The average molecular weight is 252 g/mol. The number of aliphatic hydroxyl groups excluding tert-OH is 1. The van der Waals surface area contributed by atoms with Crippen molar-refractivity contribution >= 4 is 6.29 Å². The van der Waals surface area contributed by atoms with Crippen molar-refractivity contribution in [1.29, 1.82) is 0 Å². The smallest absolute Gasteiger partial charge is 0.146 e. The van der Waals surface area contributed by atoms with Crippen molar-refractivity contribution in [3.63, 3.8) is 0 Å². The van der Waals surface area contributed by atoms with E-state index in [4.69, 9.17) is 0 Å². The number of carbonyl (C=O) groups is 1. The van der Waals surface area contributed by atoms with E-state index < -0.39 is 11.0 Å². The van der Waals surface area contributed by atoms with E-state index in [1.807, 2.05) is 27.7 Å². The van der Waals surface area contributed by atoms with Gasteiger partial charge in [0.25, 0.3) is 0 Å². The van der Waals surface area contributed by atoms with Crippen molar-refractivity contribution in [2.45, 2.75) is 52.6 Å². The van der Waals surface area contributed by atoms with Gasteiger partial charge in [0.2, 0.25) is 0 Å². The Kier molecular flexibility index (Phi) is 2.99. The van der Waals surface area contributed by atoms with Gasteiger partial charge in [-0.3, -0.25) is 4.79 Å². The summed E-state index contributed by atoms with van der Waals surface area (Å²) in [5.74, 6) is 0.178. The van der Waals surface area contributed by atoms with Gasteiger partial charge < -0.3 is 10.2 Å². The van der Waals surface area contributed by atoms with Crippen LogP contribution in [-0.2, 0) is 4.79 Å². The fraction of sp³-hybridized carbons (Fsp3) is 0.800. The quantitative estimate of drug-likeness (QED) is 0.740. The lowest BCUT2D eigenvalue weighted by Crippen LogP contribution is -2.45. The molecule has 0 aliphatic heterocycles. The van der Waals surface area contributed by atoms with Crippen LogP contribution in [0.15, 0.2) is 11.1 Å². The Bertz CT molecular complexity index is 410. The molecular weight excluding hydrogens is 228 g/mol. The Morgan fingerprint density at radius 1 is 1.39 bits per heavy atom. The Labute approximate surface area is 109 Å². The molecular formula is C15H24O3. The zero-order chi connectivity index (χ0) is 13.8. The second-order valence-electron chi connectivity index (χ2n) is 7.03. The summed E-state index contributed by atoms with van der Waals surface area (Å²) in [7, 11) is 0. The highest BCUT2D eigenvalue weighted by atomic mass is 16.3. The standard InChI is InChI=1S/C15H24O3/c1-10-5-6-15(18)12(11(10)7-16)14(4,9-17)8-13(15,2)3/h7,10,17-18H,5-6,8-9H2,1-4H3/t10-,14-,15+/m1/s1. The lowest BCUT2D eigenvalue weighted by Gasteiger charge is -2.43. The predicted octanol–water partition coefficient (Wildman–Crippen LogP) is 2.07. The summed E-state index contributed by atoms with van der Waals surface area (Å²) in [6.07, 6.45) is 3.12. The first-order chi connectivity index (χ1) is 8.22. The van der Waals surface area contributed by atoms with Crippen molar-refractivity contribution in [1.82, 2.24) is 0 Å². The van der Waals surface area contributed by atoms with Crippen LogP contribution in [0.3, 0.4) is 0 Å². The van der Waals surface area contributed by atoms with E-state index in [1.165, 1.54) is 0 Å². The van der Waals surface area contributed by atoms with E-state index in [0.29, 0.717) is 18.4 Å². The fourth-order valence-electron chi connectivity index (χ4n) is 4.24. The monoisotopic (exact) mass is 252 g/mol. The second kappa shape index (κ2) is 3.91. The first-order valence-electron chi connectivity index (χ1n) is 6.75. The van der Waals surface area contributed by atoms with Crippen molar-refractivity contribution < 1.29 is 15.0 Å². The summed E-state index contributed by atoms with van der Waals surface area (Å²) in [6.45, 7) is 8.04. The molecule has 3 heteroatoms. The average Bonchev–Trinajstić information content (AvgIpc) is 2.46. The van der Waals surface area contributed by atoms with Gasteiger partial charge in [0.05, 0.1) is 12.2 Å². The Hall–Kier alpha value is -0.670. The highest BCUT2D eigenvalue weighted by molar-refractivity contribution is 5.77. The first-order valence-corrected chi connectivity index (χ1v) is 6.75. The maximum Gasteiger partial charge on any atom is 0.146 e. The Morgan fingerprint density at radius 2 is 2.00 bits per heavy atom. The van der Waals surface area contributed by atoms with E-state index in [0.717, 1.165) is 18.3 Å². The molecule has 2 aliphatic rings. The van der Waals surface area contributed by atoms with E-state index in [1.54, 1.807) is 0 Å². The van der Waals surface area contributed by atoms with Crippen LogP contribution in [0.5, 0.6) is 0 Å². The summed E-state index contributed by atoms with van der Waals surface area (Å²) in [4.78, 5) is 11.4. The normalized spacial score (nSPS) is 42.9. The number of fused-ring (bicyclic) bond motifs is 1. The van der Waals surface area contributed by atoms with Crippen LogP contribution in [0, 0.1) is 16.7 Å². The summed E-state index contributed by atoms with van der Waals surface area (Å²) >= 11 is 0. The SMILES string of the molecule is C[C@@H]1CC[C@]2(O)C(=C1C=O)[C@@](C)(CO)CC2(C)C. The third-order valence-corrected chi connectivity index (χ3v) is 5.20. The first kappa shape index (κ1) is 13.8. The summed E-state index contributed by atoms with van der Waals surface area (Å²) in [5.41, 5.74) is -0.188. The lowest BCUT2D eigenvalue weighted by molar-refractivity contribution is -0.106. The van der Waals surface area contributed by atoms with E-state index >= 15 is 0 Å². The van der Waals surface area contributed by atoms with Crippen LogP contribution in [0.25, 0.3) is 0 Å². The van der Waals surface area contributed by atoms with Crippen molar-refractivity contribution in [2.75, 3.05) is 6.61 Å². The summed E-state index contributed by atoms with van der Waals surface area (Å²) in [5, 5.41) is 20.8. The molecule has 0 saturated heterocycles. The summed E-state index contributed by atoms with van der Waals surface area (Å²) in [6, 6.07) is 0. The van der Waals surface area contributed by atoms with E-state index in [9.17, 15) is 15.0 Å². The molecule has 0 bridgehead atoms. The molecule has 2 N–H and O–H groups in total. The third-order valence-electron chi connectivity index (χ3n) is 5.20. The molecule has 0 aromatic heterocycles. The van der Waals surface area contributed by atoms with Gasteiger partial charge in [-0.25, -0.2) is 0 Å². The molecule has 3 nitrogen and oxygen atoms in total. The highest BCUT2D eigenvalue weighted by Crippen LogP contribution is 2.63. The number of aliphatic hydroxyl groups is 2. The van der Waals surface area contributed by atoms with Crippen LogP contribution >= 0.6 is 0 Å². The minimum absolute atomic E-state index is 0.0157. The van der Waals surface area contributed by atoms with Gasteiger partial charge in [0.1, 0.15) is 6.29 Å². The largest absolute Gasteiger partial charge is 0.395 e. The molecule has 0 radical (unpaired) electrons. The third kappa shape index (κ3) is 1.53. The van der Waals surface area contributed by atoms with Gasteiger partial charge in [-0.2, -0.15) is 0 Å². The maximum absolute atomic E-state index is 11.4. The second-order valence-corrected chi connectivity index (χ2v) is 7.03. The number of allylic oxidation sites excluding steroid dienone is 1. The molecule has 3 atom stereocenters. The number of aldehydes is 1.